The number of thiazole rings is 1. The van der Waals surface area contributed by atoms with Crippen molar-refractivity contribution in [2.75, 3.05) is 4.90 Å². The lowest BCUT2D eigenvalue weighted by Crippen LogP contribution is -2.42. The van der Waals surface area contributed by atoms with Crippen molar-refractivity contribution in [3.63, 3.8) is 0 Å². The molecule has 2 saturated carbocycles. The van der Waals surface area contributed by atoms with E-state index in [-0.39, 0.29) is 39.5 Å². The number of nitrogens with one attached hydrogen (secondary N) is 1. The van der Waals surface area contributed by atoms with Crippen LogP contribution in [0.15, 0.2) is 88.7 Å². The molecule has 11 heteroatoms. The van der Waals surface area contributed by atoms with E-state index >= 15 is 0 Å². The Hall–Kier alpha value is -3.83. The minimum absolute atomic E-state index is 0.0314. The first kappa shape index (κ1) is 27.7. The summed E-state index contributed by atoms with van der Waals surface area (Å²) < 4.78 is 46.6. The van der Waals surface area contributed by atoms with Gasteiger partial charge in [-0.2, -0.15) is 13.2 Å². The molecule has 0 radical (unpaired) electrons. The largest absolute Gasteiger partial charge is 0.489 e. The number of fused-ring (bicyclic) bond motifs is 9. The van der Waals surface area contributed by atoms with Gasteiger partial charge in [-0.25, -0.2) is 0 Å². The smallest absolute Gasteiger partial charge is 0.416 e. The number of amides is 2. The van der Waals surface area contributed by atoms with Crippen LogP contribution in [0.3, 0.4) is 0 Å². The predicted octanol–water partition coefficient (Wildman–Crippen LogP) is 6.71. The molecule has 1 aromatic heterocycles. The lowest BCUT2D eigenvalue weighted by Gasteiger charge is -2.43. The van der Waals surface area contributed by atoms with Crippen LogP contribution in [0, 0.1) is 29.6 Å². The highest BCUT2D eigenvalue weighted by atomic mass is 32.2. The lowest BCUT2D eigenvalue weighted by atomic mass is 9.68. The Morgan fingerprint density at radius 1 is 0.886 bits per heavy atom. The molecule has 6 nitrogen and oxygen atoms in total. The molecule has 2 aliphatic carbocycles. The van der Waals surface area contributed by atoms with Crippen LogP contribution in [-0.4, -0.2) is 22.0 Å². The summed E-state index contributed by atoms with van der Waals surface area (Å²) in [5.41, 5.74) is 1.07. The van der Waals surface area contributed by atoms with Crippen LogP contribution in [0.25, 0.3) is 0 Å². The summed E-state index contributed by atoms with van der Waals surface area (Å²) in [6, 6.07) is 22.1. The summed E-state index contributed by atoms with van der Waals surface area (Å²) in [6.07, 6.45) is -3.91. The Morgan fingerprint density at radius 3 is 2.41 bits per heavy atom. The molecule has 44 heavy (non-hydrogen) atoms. The minimum Gasteiger partial charge on any atom is -0.489 e. The molecule has 4 aromatic rings. The third kappa shape index (κ3) is 4.27. The first-order valence-corrected chi connectivity index (χ1v) is 16.1. The van der Waals surface area contributed by atoms with Gasteiger partial charge in [0.15, 0.2) is 0 Å². The number of rotatable bonds is 5. The first-order chi connectivity index (χ1) is 21.2. The number of hydrogen-bond donors (Lipinski definition) is 1. The second-order valence-corrected chi connectivity index (χ2v) is 14.1. The number of hydrogen-bond acceptors (Lipinski definition) is 6. The number of H-pyrrole nitrogens is 1. The van der Waals surface area contributed by atoms with Crippen molar-refractivity contribution in [3.05, 3.63) is 110 Å². The molecule has 3 heterocycles. The van der Waals surface area contributed by atoms with E-state index in [4.69, 9.17) is 4.74 Å². The Kier molecular flexibility index (Phi) is 6.36. The molecule has 2 bridgehead atoms. The number of alkyl halides is 3. The molecule has 0 spiro atoms. The van der Waals surface area contributed by atoms with Crippen molar-refractivity contribution in [3.8, 4) is 5.75 Å². The highest BCUT2D eigenvalue weighted by Gasteiger charge is 2.69. The maximum absolute atomic E-state index is 13.9. The summed E-state index contributed by atoms with van der Waals surface area (Å²) >= 11 is 2.74. The van der Waals surface area contributed by atoms with Gasteiger partial charge in [0.2, 0.25) is 11.8 Å². The molecular formula is C33H25F3N2O4S2. The quantitative estimate of drug-likeness (QED) is 0.247. The van der Waals surface area contributed by atoms with E-state index in [1.807, 2.05) is 54.6 Å². The third-order valence-electron chi connectivity index (χ3n) is 9.62. The number of aromatic amines is 1. The number of ether oxygens (including phenoxy) is 1. The SMILES string of the molecule is O=C1C2C3CC(C2C(=O)N1c1cccc(C(F)(F)F)c1)C1C(c2cccc(OCc4ccccc4)c2)c2sc(=O)[nH]c2SC31. The van der Waals surface area contributed by atoms with Crippen LogP contribution < -0.4 is 14.5 Å². The van der Waals surface area contributed by atoms with E-state index in [9.17, 15) is 27.6 Å². The second-order valence-electron chi connectivity index (χ2n) is 11.9. The first-order valence-electron chi connectivity index (χ1n) is 14.4. The number of thioether (sulfide) groups is 1. The normalized spacial score (nSPS) is 28.6. The molecule has 7 atom stereocenters. The van der Waals surface area contributed by atoms with E-state index in [2.05, 4.69) is 4.98 Å². The topological polar surface area (TPSA) is 79.5 Å². The van der Waals surface area contributed by atoms with Crippen LogP contribution in [0.5, 0.6) is 5.75 Å². The standard InChI is InChI=1S/C33H25F3N2O4S2/c34-33(35,36)18-9-5-10-19(13-18)38-30(39)25-21-14-22(26(25)31(38)40)27-24(21)23(28-29(43-27)37-32(41)44-28)17-8-4-11-20(12-17)42-15-16-6-2-1-3-7-16/h1-13,21-27H,14-15H2,(H,37,41). The summed E-state index contributed by atoms with van der Waals surface area (Å²) in [5, 5.41) is 0.758. The molecule has 7 unspecified atom stereocenters. The third-order valence-corrected chi connectivity index (χ3v) is 12.2. The molecule has 1 N–H and O–H groups in total. The number of anilines is 1. The van der Waals surface area contributed by atoms with E-state index in [1.165, 1.54) is 23.5 Å². The van der Waals surface area contributed by atoms with Gasteiger partial charge in [-0.15, -0.1) is 11.8 Å². The molecule has 1 saturated heterocycles. The minimum atomic E-state index is -4.59. The van der Waals surface area contributed by atoms with Crippen molar-refractivity contribution >= 4 is 40.6 Å². The lowest BCUT2D eigenvalue weighted by molar-refractivity contribution is -0.137. The van der Waals surface area contributed by atoms with Crippen molar-refractivity contribution in [2.45, 2.75) is 35.4 Å². The van der Waals surface area contributed by atoms with Gasteiger partial charge in [-0.1, -0.05) is 59.9 Å². The van der Waals surface area contributed by atoms with Crippen LogP contribution in [0.2, 0.25) is 0 Å². The van der Waals surface area contributed by atoms with Gasteiger partial charge in [-0.3, -0.25) is 19.3 Å². The van der Waals surface area contributed by atoms with Crippen molar-refractivity contribution in [1.82, 2.24) is 4.98 Å². The Bertz CT molecular complexity index is 1860. The van der Waals surface area contributed by atoms with Gasteiger partial charge in [0.05, 0.1) is 28.1 Å². The van der Waals surface area contributed by atoms with Gasteiger partial charge >= 0.3 is 11.0 Å². The van der Waals surface area contributed by atoms with Crippen LogP contribution in [0.4, 0.5) is 18.9 Å². The molecule has 3 aromatic carbocycles. The molecule has 224 valence electrons. The van der Waals surface area contributed by atoms with E-state index in [1.54, 1.807) is 11.8 Å². The van der Waals surface area contributed by atoms with Crippen molar-refractivity contribution < 1.29 is 27.5 Å². The number of aromatic nitrogens is 1. The van der Waals surface area contributed by atoms with Gasteiger partial charge in [0.1, 0.15) is 12.4 Å². The maximum atomic E-state index is 13.9. The Morgan fingerprint density at radius 2 is 1.64 bits per heavy atom. The monoisotopic (exact) mass is 634 g/mol. The highest BCUT2D eigenvalue weighted by molar-refractivity contribution is 8.00. The molecule has 8 rings (SSSR count). The summed E-state index contributed by atoms with van der Waals surface area (Å²) in [7, 11) is 0. The highest BCUT2D eigenvalue weighted by Crippen LogP contribution is 2.68. The average Bonchev–Trinajstić information content (AvgIpc) is 3.75. The molecule has 2 amide bonds. The maximum Gasteiger partial charge on any atom is 0.416 e. The molecule has 2 aliphatic heterocycles. The van der Waals surface area contributed by atoms with Crippen LogP contribution in [0.1, 0.15) is 33.9 Å². The van der Waals surface area contributed by atoms with Gasteiger partial charge in [0.25, 0.3) is 0 Å². The number of halogens is 3. The van der Waals surface area contributed by atoms with E-state index in [0.717, 1.165) is 38.1 Å². The Labute approximate surface area is 258 Å². The zero-order valence-corrected chi connectivity index (χ0v) is 24.6. The predicted molar refractivity (Wildman–Crippen MR) is 160 cm³/mol. The fraction of sp³-hybridized carbons (Fsp3) is 0.303. The molecule has 3 fully saturated rings. The van der Waals surface area contributed by atoms with Gasteiger partial charge < -0.3 is 9.72 Å². The van der Waals surface area contributed by atoms with Crippen molar-refractivity contribution in [1.29, 1.82) is 0 Å². The van der Waals surface area contributed by atoms with Crippen LogP contribution in [-0.2, 0) is 22.4 Å². The second kappa shape index (κ2) is 10.1. The number of benzene rings is 3. The van der Waals surface area contributed by atoms with E-state index in [0.29, 0.717) is 18.8 Å². The van der Waals surface area contributed by atoms with Crippen LogP contribution >= 0.6 is 23.1 Å². The summed E-state index contributed by atoms with van der Waals surface area (Å²) in [6.45, 7) is 0.399. The number of nitrogens with zero attached hydrogens (tertiary/aromatic N) is 1. The number of carbonyl (C=O) groups excluding carboxylic acids is 2. The Balaban J connectivity index is 1.15. The average molecular weight is 635 g/mol. The molecule has 4 aliphatic rings. The number of imide groups is 1. The fourth-order valence-electron chi connectivity index (χ4n) is 8.00. The zero-order valence-electron chi connectivity index (χ0n) is 23.0. The fourth-order valence-corrected chi connectivity index (χ4v) is 10.9. The molecular weight excluding hydrogens is 610 g/mol. The summed E-state index contributed by atoms with van der Waals surface area (Å²) in [5.74, 6) is -1.89. The number of carbonyl (C=O) groups is 2. The van der Waals surface area contributed by atoms with E-state index < -0.39 is 35.4 Å². The van der Waals surface area contributed by atoms with Gasteiger partial charge in [0, 0.05) is 16.0 Å². The van der Waals surface area contributed by atoms with Crippen molar-refractivity contribution in [2.24, 2.45) is 29.6 Å². The van der Waals surface area contributed by atoms with Gasteiger partial charge in [-0.05, 0) is 65.6 Å². The zero-order chi connectivity index (χ0) is 30.3. The summed E-state index contributed by atoms with van der Waals surface area (Å²) in [4.78, 5) is 45.1.